The molecule has 0 radical (unpaired) electrons. The predicted octanol–water partition coefficient (Wildman–Crippen LogP) is 18.0. The quantitative estimate of drug-likeness (QED) is 0.165. The molecule has 0 saturated carbocycles. The molecule has 0 spiro atoms. The SMILES string of the molecule is CC1(C)c2cc(Nc3ccccc3-c3ccccc3)ccc2-c2ccc(N(c3ccc(-c4cccc5c4oc4ccccc45)cc3)c3ccc(-c4cccc5c4oc4ccccc45)cc3)cc21. The number of fused-ring (bicyclic) bond motifs is 9. The van der Waals surface area contributed by atoms with E-state index < -0.39 is 0 Å². The summed E-state index contributed by atoms with van der Waals surface area (Å²) in [6.45, 7) is 4.71. The molecule has 0 amide bonds. The minimum absolute atomic E-state index is 0.257. The summed E-state index contributed by atoms with van der Waals surface area (Å²) in [5, 5.41) is 8.29. The van der Waals surface area contributed by atoms with Crippen LogP contribution in [0.3, 0.4) is 0 Å². The maximum atomic E-state index is 6.47. The van der Waals surface area contributed by atoms with Gasteiger partial charge in [-0.05, 0) is 106 Å². The fourth-order valence-corrected chi connectivity index (χ4v) is 10.5. The molecule has 318 valence electrons. The molecule has 0 saturated heterocycles. The van der Waals surface area contributed by atoms with Crippen molar-refractivity contribution in [1.29, 1.82) is 0 Å². The highest BCUT2D eigenvalue weighted by atomic mass is 16.3. The monoisotopic (exact) mass is 860 g/mol. The van der Waals surface area contributed by atoms with E-state index in [9.17, 15) is 0 Å². The Kier molecular flexibility index (Phi) is 8.84. The van der Waals surface area contributed by atoms with Gasteiger partial charge in [-0.2, -0.15) is 0 Å². The van der Waals surface area contributed by atoms with Gasteiger partial charge in [-0.1, -0.05) is 172 Å². The molecule has 4 nitrogen and oxygen atoms in total. The van der Waals surface area contributed by atoms with Crippen molar-refractivity contribution < 1.29 is 8.83 Å². The highest BCUT2D eigenvalue weighted by molar-refractivity contribution is 6.10. The number of anilines is 5. The Bertz CT molecular complexity index is 3700. The molecule has 1 aliphatic carbocycles. The fraction of sp³-hybridized carbons (Fsp3) is 0.0476. The lowest BCUT2D eigenvalue weighted by Crippen LogP contribution is -2.16. The molecule has 0 aliphatic heterocycles. The van der Waals surface area contributed by atoms with Crippen LogP contribution in [0.5, 0.6) is 0 Å². The Morgan fingerprint density at radius 2 is 0.821 bits per heavy atom. The van der Waals surface area contributed by atoms with Crippen LogP contribution in [0, 0.1) is 0 Å². The minimum atomic E-state index is -0.257. The average Bonchev–Trinajstić information content (AvgIpc) is 4.03. The number of hydrogen-bond donors (Lipinski definition) is 1. The molecular weight excluding hydrogens is 817 g/mol. The van der Waals surface area contributed by atoms with Gasteiger partial charge in [0.15, 0.2) is 0 Å². The van der Waals surface area contributed by atoms with Gasteiger partial charge < -0.3 is 19.1 Å². The Morgan fingerprint density at radius 3 is 1.43 bits per heavy atom. The summed E-state index contributed by atoms with van der Waals surface area (Å²) in [6, 6.07) is 80.2. The number of para-hydroxylation sites is 5. The zero-order chi connectivity index (χ0) is 44.6. The molecular formula is C63H44N2O2. The molecule has 2 aromatic heterocycles. The molecule has 0 bridgehead atoms. The smallest absolute Gasteiger partial charge is 0.143 e. The van der Waals surface area contributed by atoms with E-state index in [4.69, 9.17) is 8.83 Å². The predicted molar refractivity (Wildman–Crippen MR) is 279 cm³/mol. The number of nitrogens with one attached hydrogen (secondary N) is 1. The first kappa shape index (κ1) is 38.8. The van der Waals surface area contributed by atoms with Gasteiger partial charge in [0.05, 0.1) is 0 Å². The van der Waals surface area contributed by atoms with Crippen LogP contribution < -0.4 is 10.2 Å². The zero-order valence-electron chi connectivity index (χ0n) is 37.1. The van der Waals surface area contributed by atoms with E-state index in [-0.39, 0.29) is 5.41 Å². The number of nitrogens with zero attached hydrogens (tertiary/aromatic N) is 1. The lowest BCUT2D eigenvalue weighted by atomic mass is 9.82. The Hall–Kier alpha value is -8.60. The standard InChI is InChI=1S/C63H44N2O2/c1-63(2)56-38-43(64-58-23-9-6-16-47(58)40-14-4-3-5-15-40)30-36-50(56)51-37-35-46(39-57(51)63)65(44-31-26-41(27-32-44)48-19-12-21-54-52-17-7-10-24-59(52)66-61(48)54)45-33-28-42(29-34-45)49-20-13-22-55-53-18-8-11-25-60(53)67-62(49)55/h3-39,64H,1-2H3. The van der Waals surface area contributed by atoms with Gasteiger partial charge in [0.1, 0.15) is 22.3 Å². The van der Waals surface area contributed by atoms with Crippen LogP contribution in [0.25, 0.3) is 88.4 Å². The molecule has 4 heteroatoms. The molecule has 2 heterocycles. The third kappa shape index (κ3) is 6.36. The second-order valence-electron chi connectivity index (χ2n) is 18.1. The first-order chi connectivity index (χ1) is 33.0. The Balaban J connectivity index is 0.893. The number of benzene rings is 10. The van der Waals surface area contributed by atoms with Crippen LogP contribution in [-0.4, -0.2) is 0 Å². The second kappa shape index (κ2) is 15.3. The fourth-order valence-electron chi connectivity index (χ4n) is 10.5. The summed E-state index contributed by atoms with van der Waals surface area (Å²) in [6.07, 6.45) is 0. The van der Waals surface area contributed by atoms with Gasteiger partial charge in [0.2, 0.25) is 0 Å². The summed E-state index contributed by atoms with van der Waals surface area (Å²) in [7, 11) is 0. The van der Waals surface area contributed by atoms with E-state index >= 15 is 0 Å². The van der Waals surface area contributed by atoms with E-state index in [1.807, 2.05) is 24.3 Å². The maximum absolute atomic E-state index is 6.47. The van der Waals surface area contributed by atoms with Crippen LogP contribution in [0.1, 0.15) is 25.0 Å². The van der Waals surface area contributed by atoms with E-state index in [0.29, 0.717) is 0 Å². The normalized spacial score (nSPS) is 12.7. The van der Waals surface area contributed by atoms with E-state index in [1.54, 1.807) is 0 Å². The summed E-state index contributed by atoms with van der Waals surface area (Å²) < 4.78 is 12.9. The first-order valence-corrected chi connectivity index (χ1v) is 23.0. The Labute approximate surface area is 389 Å². The molecule has 67 heavy (non-hydrogen) atoms. The van der Waals surface area contributed by atoms with E-state index in [1.165, 1.54) is 33.4 Å². The highest BCUT2D eigenvalue weighted by Gasteiger charge is 2.36. The Morgan fingerprint density at radius 1 is 0.358 bits per heavy atom. The molecule has 13 rings (SSSR count). The van der Waals surface area contributed by atoms with Crippen molar-refractivity contribution in [3.63, 3.8) is 0 Å². The van der Waals surface area contributed by atoms with Crippen LogP contribution in [0.4, 0.5) is 28.4 Å². The summed E-state index contributed by atoms with van der Waals surface area (Å²) in [4.78, 5) is 2.38. The van der Waals surface area contributed by atoms with Crippen molar-refractivity contribution >= 4 is 72.3 Å². The van der Waals surface area contributed by atoms with Gasteiger partial charge in [0, 0.05) is 72.1 Å². The first-order valence-electron chi connectivity index (χ1n) is 23.0. The molecule has 0 fully saturated rings. The molecule has 0 unspecified atom stereocenters. The molecule has 1 aliphatic rings. The van der Waals surface area contributed by atoms with Gasteiger partial charge in [-0.3, -0.25) is 0 Å². The zero-order valence-corrected chi connectivity index (χ0v) is 37.1. The van der Waals surface area contributed by atoms with Crippen molar-refractivity contribution in [2.75, 3.05) is 10.2 Å². The van der Waals surface area contributed by atoms with Gasteiger partial charge >= 0.3 is 0 Å². The lowest BCUT2D eigenvalue weighted by molar-refractivity contribution is 0.660. The van der Waals surface area contributed by atoms with E-state index in [2.05, 4.69) is 224 Å². The van der Waals surface area contributed by atoms with Gasteiger partial charge in [0.25, 0.3) is 0 Å². The topological polar surface area (TPSA) is 41.5 Å². The summed E-state index contributed by atoms with van der Waals surface area (Å²) >= 11 is 0. The van der Waals surface area contributed by atoms with Crippen molar-refractivity contribution in [3.8, 4) is 44.5 Å². The van der Waals surface area contributed by atoms with Gasteiger partial charge in [-0.15, -0.1) is 0 Å². The van der Waals surface area contributed by atoms with Crippen molar-refractivity contribution in [2.45, 2.75) is 19.3 Å². The van der Waals surface area contributed by atoms with Crippen molar-refractivity contribution in [2.24, 2.45) is 0 Å². The largest absolute Gasteiger partial charge is 0.455 e. The summed E-state index contributed by atoms with van der Waals surface area (Å²) in [5.74, 6) is 0. The third-order valence-electron chi connectivity index (χ3n) is 13.9. The number of hydrogen-bond acceptors (Lipinski definition) is 4. The number of rotatable bonds is 8. The van der Waals surface area contributed by atoms with Crippen LogP contribution in [-0.2, 0) is 5.41 Å². The lowest BCUT2D eigenvalue weighted by Gasteiger charge is -2.28. The van der Waals surface area contributed by atoms with Gasteiger partial charge in [-0.25, -0.2) is 0 Å². The van der Waals surface area contributed by atoms with Crippen molar-refractivity contribution in [3.05, 3.63) is 236 Å². The maximum Gasteiger partial charge on any atom is 0.143 e. The van der Waals surface area contributed by atoms with Crippen LogP contribution in [0.15, 0.2) is 233 Å². The van der Waals surface area contributed by atoms with Crippen LogP contribution in [0.2, 0.25) is 0 Å². The highest BCUT2D eigenvalue weighted by Crippen LogP contribution is 2.52. The third-order valence-corrected chi connectivity index (χ3v) is 13.9. The molecule has 10 aromatic carbocycles. The molecule has 12 aromatic rings. The number of furan rings is 2. The van der Waals surface area contributed by atoms with Crippen LogP contribution >= 0.6 is 0 Å². The molecule has 1 N–H and O–H groups in total. The van der Waals surface area contributed by atoms with E-state index in [0.717, 1.165) is 94.6 Å². The average molecular weight is 861 g/mol. The van der Waals surface area contributed by atoms with Crippen molar-refractivity contribution in [1.82, 2.24) is 0 Å². The molecule has 0 atom stereocenters. The summed E-state index contributed by atoms with van der Waals surface area (Å²) in [5.41, 5.74) is 20.6. The second-order valence-corrected chi connectivity index (χ2v) is 18.1. The minimum Gasteiger partial charge on any atom is -0.455 e.